The second-order valence-electron chi connectivity index (χ2n) is 3.27. The second-order valence-corrected chi connectivity index (χ2v) is 3.27. The van der Waals surface area contributed by atoms with Crippen LogP contribution in [-0.4, -0.2) is 58.7 Å². The molecule has 1 heterocycles. The number of amides is 1. The highest BCUT2D eigenvalue weighted by atomic mass is 16.4. The van der Waals surface area contributed by atoms with Gasteiger partial charge in [-0.25, -0.2) is 0 Å². The number of likely N-dealkylation sites (tertiary alicyclic amines) is 1. The lowest BCUT2D eigenvalue weighted by Crippen LogP contribution is -2.44. The van der Waals surface area contributed by atoms with Crippen LogP contribution in [0.2, 0.25) is 0 Å². The van der Waals surface area contributed by atoms with Crippen LogP contribution < -0.4 is 0 Å². The molecule has 1 fully saturated rings. The Bertz CT molecular complexity index is 339. The van der Waals surface area contributed by atoms with Crippen molar-refractivity contribution in [2.75, 3.05) is 20.1 Å². The molecule has 0 aromatic heterocycles. The van der Waals surface area contributed by atoms with Crippen molar-refractivity contribution in [3.63, 3.8) is 0 Å². The monoisotopic (exact) mass is 213 g/mol. The SMILES string of the molecule is CN(CC(=O)O)C(=N)N1CC(=O)CC1=O. The number of ketones is 1. The van der Waals surface area contributed by atoms with Crippen molar-refractivity contribution in [3.05, 3.63) is 0 Å². The van der Waals surface area contributed by atoms with E-state index in [1.165, 1.54) is 7.05 Å². The Balaban J connectivity index is 2.64. The van der Waals surface area contributed by atoms with Gasteiger partial charge in [0.05, 0.1) is 13.0 Å². The standard InChI is InChI=1S/C8H11N3O4/c1-10(4-7(14)15)8(9)11-3-5(12)2-6(11)13/h9H,2-4H2,1H3,(H,14,15). The molecule has 1 rings (SSSR count). The van der Waals surface area contributed by atoms with Crippen LogP contribution in [0.15, 0.2) is 0 Å². The highest BCUT2D eigenvalue weighted by molar-refractivity contribution is 6.12. The van der Waals surface area contributed by atoms with Gasteiger partial charge in [0.2, 0.25) is 11.9 Å². The third-order valence-electron chi connectivity index (χ3n) is 1.97. The summed E-state index contributed by atoms with van der Waals surface area (Å²) in [5.74, 6) is -2.07. The molecule has 0 saturated carbocycles. The minimum Gasteiger partial charge on any atom is -0.480 e. The predicted molar refractivity (Wildman–Crippen MR) is 49.3 cm³/mol. The topological polar surface area (TPSA) is 102 Å². The number of carboxylic acid groups (broad SMARTS) is 1. The van der Waals surface area contributed by atoms with Gasteiger partial charge in [-0.05, 0) is 0 Å². The number of carbonyl (C=O) groups excluding carboxylic acids is 2. The van der Waals surface area contributed by atoms with E-state index in [-0.39, 0.29) is 31.3 Å². The van der Waals surface area contributed by atoms with Crippen LogP contribution in [0.25, 0.3) is 0 Å². The lowest BCUT2D eigenvalue weighted by molar-refractivity contribution is -0.137. The van der Waals surface area contributed by atoms with E-state index in [0.717, 1.165) is 9.80 Å². The Labute approximate surface area is 85.8 Å². The first-order valence-corrected chi connectivity index (χ1v) is 4.25. The molecule has 1 aliphatic rings. The number of nitrogens with one attached hydrogen (secondary N) is 1. The fourth-order valence-electron chi connectivity index (χ4n) is 1.26. The molecule has 1 amide bonds. The van der Waals surface area contributed by atoms with Crippen molar-refractivity contribution in [2.45, 2.75) is 6.42 Å². The number of carboxylic acids is 1. The van der Waals surface area contributed by atoms with Crippen LogP contribution in [-0.2, 0) is 14.4 Å². The number of guanidine groups is 1. The minimum atomic E-state index is -1.10. The van der Waals surface area contributed by atoms with Crippen LogP contribution >= 0.6 is 0 Å². The van der Waals surface area contributed by atoms with E-state index in [4.69, 9.17) is 10.5 Å². The van der Waals surface area contributed by atoms with Crippen LogP contribution in [0, 0.1) is 5.41 Å². The fraction of sp³-hybridized carbons (Fsp3) is 0.500. The summed E-state index contributed by atoms with van der Waals surface area (Å²) in [6, 6.07) is 0. The number of likely N-dealkylation sites (N-methyl/N-ethyl adjacent to an activating group) is 1. The van der Waals surface area contributed by atoms with Crippen molar-refractivity contribution in [2.24, 2.45) is 0 Å². The maximum absolute atomic E-state index is 11.2. The van der Waals surface area contributed by atoms with Crippen molar-refractivity contribution >= 4 is 23.6 Å². The van der Waals surface area contributed by atoms with Gasteiger partial charge in [-0.3, -0.25) is 24.7 Å². The Morgan fingerprint density at radius 1 is 1.60 bits per heavy atom. The molecule has 0 aromatic rings. The third-order valence-corrected chi connectivity index (χ3v) is 1.97. The van der Waals surface area contributed by atoms with Gasteiger partial charge >= 0.3 is 5.97 Å². The van der Waals surface area contributed by atoms with Gasteiger partial charge in [0.15, 0.2) is 5.78 Å². The van der Waals surface area contributed by atoms with E-state index in [0.29, 0.717) is 0 Å². The molecule has 0 bridgehead atoms. The molecule has 15 heavy (non-hydrogen) atoms. The second kappa shape index (κ2) is 4.07. The molecule has 0 aromatic carbocycles. The smallest absolute Gasteiger partial charge is 0.323 e. The Hall–Kier alpha value is -1.92. The quantitative estimate of drug-likeness (QED) is 0.338. The fourth-order valence-corrected chi connectivity index (χ4v) is 1.26. The van der Waals surface area contributed by atoms with Gasteiger partial charge in [0, 0.05) is 7.05 Å². The number of carbonyl (C=O) groups is 3. The molecule has 0 spiro atoms. The molecule has 0 radical (unpaired) electrons. The zero-order valence-corrected chi connectivity index (χ0v) is 8.19. The normalized spacial score (nSPS) is 15.7. The van der Waals surface area contributed by atoms with E-state index in [1.54, 1.807) is 0 Å². The third kappa shape index (κ3) is 2.52. The summed E-state index contributed by atoms with van der Waals surface area (Å²) in [6.45, 7) is -0.515. The molecule has 7 nitrogen and oxygen atoms in total. The van der Waals surface area contributed by atoms with Crippen LogP contribution in [0.3, 0.4) is 0 Å². The Morgan fingerprint density at radius 2 is 2.20 bits per heavy atom. The Morgan fingerprint density at radius 3 is 2.60 bits per heavy atom. The van der Waals surface area contributed by atoms with Gasteiger partial charge < -0.3 is 10.0 Å². The molecular weight excluding hydrogens is 202 g/mol. The molecule has 7 heteroatoms. The highest BCUT2D eigenvalue weighted by Crippen LogP contribution is 2.08. The van der Waals surface area contributed by atoms with E-state index in [9.17, 15) is 14.4 Å². The van der Waals surface area contributed by atoms with Gasteiger partial charge in [0.25, 0.3) is 0 Å². The predicted octanol–water partition coefficient (Wildman–Crippen LogP) is -1.26. The number of aliphatic carboxylic acids is 1. The first-order chi connectivity index (χ1) is 6.91. The van der Waals surface area contributed by atoms with Gasteiger partial charge in [-0.1, -0.05) is 0 Å². The van der Waals surface area contributed by atoms with E-state index in [2.05, 4.69) is 0 Å². The van der Waals surface area contributed by atoms with Crippen LogP contribution in [0.5, 0.6) is 0 Å². The molecule has 0 aliphatic carbocycles. The maximum Gasteiger partial charge on any atom is 0.323 e. The first-order valence-electron chi connectivity index (χ1n) is 4.25. The zero-order valence-electron chi connectivity index (χ0n) is 8.19. The largest absolute Gasteiger partial charge is 0.480 e. The first kappa shape index (κ1) is 11.2. The van der Waals surface area contributed by atoms with Gasteiger partial charge in [-0.15, -0.1) is 0 Å². The summed E-state index contributed by atoms with van der Waals surface area (Å²) in [6.07, 6.45) is -0.205. The van der Waals surface area contributed by atoms with Crippen LogP contribution in [0.1, 0.15) is 6.42 Å². The minimum absolute atomic E-state index is 0.137. The molecular formula is C8H11N3O4. The van der Waals surface area contributed by atoms with E-state index >= 15 is 0 Å². The maximum atomic E-state index is 11.2. The number of Topliss-reactive ketones (excluding diaryl/α,β-unsaturated/α-hetero) is 1. The van der Waals surface area contributed by atoms with Crippen molar-refractivity contribution in [1.82, 2.24) is 9.80 Å². The molecule has 0 unspecified atom stereocenters. The molecule has 1 aliphatic heterocycles. The number of nitrogens with zero attached hydrogens (tertiary/aromatic N) is 2. The molecule has 82 valence electrons. The molecule has 0 atom stereocenters. The Kier molecular flexibility index (Phi) is 3.03. The number of rotatable bonds is 2. The van der Waals surface area contributed by atoms with Crippen LogP contribution in [0.4, 0.5) is 0 Å². The summed E-state index contributed by atoms with van der Waals surface area (Å²) in [5, 5.41) is 16.0. The van der Waals surface area contributed by atoms with E-state index < -0.39 is 11.9 Å². The number of hydrogen-bond acceptors (Lipinski definition) is 4. The van der Waals surface area contributed by atoms with Crippen molar-refractivity contribution in [3.8, 4) is 0 Å². The summed E-state index contributed by atoms with van der Waals surface area (Å²) in [7, 11) is 1.38. The average Bonchev–Trinajstić information content (AvgIpc) is 2.42. The summed E-state index contributed by atoms with van der Waals surface area (Å²) in [5.41, 5.74) is 0. The summed E-state index contributed by atoms with van der Waals surface area (Å²) >= 11 is 0. The van der Waals surface area contributed by atoms with Gasteiger partial charge in [0.1, 0.15) is 6.54 Å². The summed E-state index contributed by atoms with van der Waals surface area (Å²) in [4.78, 5) is 34.6. The lowest BCUT2D eigenvalue weighted by Gasteiger charge is -2.23. The van der Waals surface area contributed by atoms with Gasteiger partial charge in [-0.2, -0.15) is 0 Å². The highest BCUT2D eigenvalue weighted by Gasteiger charge is 2.32. The average molecular weight is 213 g/mol. The van der Waals surface area contributed by atoms with Crippen molar-refractivity contribution in [1.29, 1.82) is 5.41 Å². The molecule has 2 N–H and O–H groups in total. The van der Waals surface area contributed by atoms with Crippen molar-refractivity contribution < 1.29 is 19.5 Å². The summed E-state index contributed by atoms with van der Waals surface area (Å²) < 4.78 is 0. The molecule has 1 saturated heterocycles. The van der Waals surface area contributed by atoms with E-state index in [1.807, 2.05) is 0 Å². The number of hydrogen-bond donors (Lipinski definition) is 2. The lowest BCUT2D eigenvalue weighted by atomic mass is 10.3. The zero-order chi connectivity index (χ0) is 11.6.